The van der Waals surface area contributed by atoms with Gasteiger partial charge in [0, 0.05) is 3.57 Å². The molecule has 0 radical (unpaired) electrons. The van der Waals surface area contributed by atoms with E-state index < -0.39 is 10.0 Å². The lowest BCUT2D eigenvalue weighted by Crippen LogP contribution is -2.17. The molecule has 5 heteroatoms. The van der Waals surface area contributed by atoms with E-state index in [0.29, 0.717) is 10.6 Å². The molecule has 2 aromatic carbocycles. The lowest BCUT2D eigenvalue weighted by atomic mass is 10.0. The second-order valence-corrected chi connectivity index (χ2v) is 8.52. The van der Waals surface area contributed by atoms with Gasteiger partial charge in [0.05, 0.1) is 10.6 Å². The van der Waals surface area contributed by atoms with Crippen LogP contribution in [0.1, 0.15) is 27.8 Å². The van der Waals surface area contributed by atoms with Crippen LogP contribution in [0, 0.1) is 38.2 Å². The highest BCUT2D eigenvalue weighted by Gasteiger charge is 2.22. The molecule has 0 aliphatic carbocycles. The summed E-state index contributed by atoms with van der Waals surface area (Å²) in [5.41, 5.74) is 5.12. The number of aryl methyl sites for hydroxylation is 3. The first kappa shape index (κ1) is 17.3. The highest BCUT2D eigenvalue weighted by molar-refractivity contribution is 14.1. The van der Waals surface area contributed by atoms with Gasteiger partial charge in [-0.3, -0.25) is 4.72 Å². The van der Waals surface area contributed by atoms with Gasteiger partial charge in [0.15, 0.2) is 0 Å². The molecule has 0 fully saturated rings. The van der Waals surface area contributed by atoms with E-state index in [1.165, 1.54) is 0 Å². The van der Waals surface area contributed by atoms with Gasteiger partial charge in [-0.25, -0.2) is 8.42 Å². The van der Waals surface area contributed by atoms with Crippen molar-refractivity contribution in [1.29, 1.82) is 0 Å². The second kappa shape index (κ2) is 6.20. The van der Waals surface area contributed by atoms with Gasteiger partial charge < -0.3 is 0 Å². The molecule has 0 spiro atoms. The number of rotatable bonds is 3. The summed E-state index contributed by atoms with van der Waals surface area (Å²) in [7, 11) is -3.61. The van der Waals surface area contributed by atoms with Gasteiger partial charge in [-0.1, -0.05) is 6.07 Å². The van der Waals surface area contributed by atoms with Gasteiger partial charge in [-0.15, -0.1) is 0 Å². The second-order valence-electron chi connectivity index (χ2n) is 5.65. The Morgan fingerprint density at radius 2 is 1.41 bits per heavy atom. The first-order valence-electron chi connectivity index (χ1n) is 7.00. The maximum absolute atomic E-state index is 12.9. The third-order valence-corrected chi connectivity index (χ3v) is 6.31. The average molecular weight is 429 g/mol. The molecular formula is C17H20INO2S. The van der Waals surface area contributed by atoms with Crippen molar-refractivity contribution in [2.24, 2.45) is 0 Å². The minimum Gasteiger partial charge on any atom is -0.279 e. The van der Waals surface area contributed by atoms with Crippen LogP contribution < -0.4 is 4.72 Å². The zero-order chi connectivity index (χ0) is 16.7. The summed E-state index contributed by atoms with van der Waals surface area (Å²) in [5.74, 6) is 0. The zero-order valence-electron chi connectivity index (χ0n) is 13.4. The number of halogens is 1. The first-order valence-corrected chi connectivity index (χ1v) is 9.56. The summed E-state index contributed by atoms with van der Waals surface area (Å²) in [6.45, 7) is 9.50. The van der Waals surface area contributed by atoms with Crippen LogP contribution in [-0.2, 0) is 10.0 Å². The fraction of sp³-hybridized carbons (Fsp3) is 0.294. The molecule has 3 nitrogen and oxygen atoms in total. The van der Waals surface area contributed by atoms with E-state index in [-0.39, 0.29) is 0 Å². The fourth-order valence-corrected chi connectivity index (χ4v) is 4.92. The molecule has 2 aromatic rings. The molecule has 0 atom stereocenters. The minimum absolute atomic E-state index is 0.392. The molecule has 2 rings (SSSR count). The average Bonchev–Trinajstić information content (AvgIpc) is 2.40. The molecule has 1 N–H and O–H groups in total. The Morgan fingerprint density at radius 1 is 0.864 bits per heavy atom. The standard InChI is InChI=1S/C17H20INO2S/c1-10-8-11(2)14(5)17(13(10)4)22(20,21)19-16-7-6-15(18)9-12(16)3/h6-9,19H,1-5H3. The van der Waals surface area contributed by atoms with E-state index in [9.17, 15) is 8.42 Å². The predicted octanol–water partition coefficient (Wildman–Crippen LogP) is 4.63. The number of benzene rings is 2. The monoisotopic (exact) mass is 429 g/mol. The summed E-state index contributed by atoms with van der Waals surface area (Å²) in [4.78, 5) is 0.392. The Hall–Kier alpha value is -1.08. The van der Waals surface area contributed by atoms with Crippen molar-refractivity contribution in [2.75, 3.05) is 4.72 Å². The maximum Gasteiger partial charge on any atom is 0.262 e. The summed E-state index contributed by atoms with van der Waals surface area (Å²) in [6, 6.07) is 7.69. The molecular weight excluding hydrogens is 409 g/mol. The molecule has 118 valence electrons. The molecule has 0 aliphatic rings. The van der Waals surface area contributed by atoms with Gasteiger partial charge in [0.2, 0.25) is 0 Å². The van der Waals surface area contributed by atoms with Crippen LogP contribution in [0.2, 0.25) is 0 Å². The van der Waals surface area contributed by atoms with E-state index in [0.717, 1.165) is 31.4 Å². The topological polar surface area (TPSA) is 46.2 Å². The lowest BCUT2D eigenvalue weighted by molar-refractivity contribution is 0.599. The number of nitrogens with one attached hydrogen (secondary N) is 1. The highest BCUT2D eigenvalue weighted by atomic mass is 127. The van der Waals surface area contributed by atoms with E-state index in [1.807, 2.05) is 58.9 Å². The Kier molecular flexibility index (Phi) is 4.87. The van der Waals surface area contributed by atoms with E-state index in [4.69, 9.17) is 0 Å². The SMILES string of the molecule is Cc1cc(I)ccc1NS(=O)(=O)c1c(C)c(C)cc(C)c1C. The van der Waals surface area contributed by atoms with Crippen molar-refractivity contribution in [3.8, 4) is 0 Å². The summed E-state index contributed by atoms with van der Waals surface area (Å²) < 4.78 is 29.6. The smallest absolute Gasteiger partial charge is 0.262 e. The Morgan fingerprint density at radius 3 is 1.91 bits per heavy atom. The van der Waals surface area contributed by atoms with Crippen LogP contribution in [0.5, 0.6) is 0 Å². The molecule has 0 amide bonds. The van der Waals surface area contributed by atoms with Gasteiger partial charge in [0.25, 0.3) is 10.0 Å². The van der Waals surface area contributed by atoms with Crippen molar-refractivity contribution in [2.45, 2.75) is 39.5 Å². The van der Waals surface area contributed by atoms with Crippen LogP contribution in [-0.4, -0.2) is 8.42 Å². The first-order chi connectivity index (χ1) is 10.1. The number of sulfonamides is 1. The third kappa shape index (κ3) is 3.30. The van der Waals surface area contributed by atoms with Crippen molar-refractivity contribution < 1.29 is 8.42 Å². The number of anilines is 1. The fourth-order valence-electron chi connectivity index (χ4n) is 2.52. The number of hydrogen-bond donors (Lipinski definition) is 1. The largest absolute Gasteiger partial charge is 0.279 e. The minimum atomic E-state index is -3.61. The van der Waals surface area contributed by atoms with Crippen LogP contribution in [0.4, 0.5) is 5.69 Å². The Bertz CT molecular complexity index is 816. The van der Waals surface area contributed by atoms with Crippen molar-refractivity contribution in [3.63, 3.8) is 0 Å². The molecule has 0 saturated carbocycles. The zero-order valence-corrected chi connectivity index (χ0v) is 16.4. The van der Waals surface area contributed by atoms with Gasteiger partial charge in [-0.2, -0.15) is 0 Å². The Labute approximate surface area is 146 Å². The van der Waals surface area contributed by atoms with Gasteiger partial charge >= 0.3 is 0 Å². The summed E-state index contributed by atoms with van der Waals surface area (Å²) in [5, 5.41) is 0. The molecule has 0 aliphatic heterocycles. The third-order valence-electron chi connectivity index (χ3n) is 4.00. The van der Waals surface area contributed by atoms with Crippen LogP contribution >= 0.6 is 22.6 Å². The lowest BCUT2D eigenvalue weighted by Gasteiger charge is -2.17. The Balaban J connectivity index is 2.57. The van der Waals surface area contributed by atoms with Crippen LogP contribution in [0.15, 0.2) is 29.2 Å². The van der Waals surface area contributed by atoms with Crippen LogP contribution in [0.3, 0.4) is 0 Å². The molecule has 0 aromatic heterocycles. The van der Waals surface area contributed by atoms with Crippen molar-refractivity contribution in [1.82, 2.24) is 0 Å². The molecule has 0 heterocycles. The maximum atomic E-state index is 12.9. The van der Waals surface area contributed by atoms with Crippen molar-refractivity contribution in [3.05, 3.63) is 55.7 Å². The molecule has 0 bridgehead atoms. The number of hydrogen-bond acceptors (Lipinski definition) is 2. The van der Waals surface area contributed by atoms with E-state index >= 15 is 0 Å². The normalized spacial score (nSPS) is 11.5. The molecule has 22 heavy (non-hydrogen) atoms. The summed E-state index contributed by atoms with van der Waals surface area (Å²) >= 11 is 2.21. The quantitative estimate of drug-likeness (QED) is 0.723. The van der Waals surface area contributed by atoms with Gasteiger partial charge in [0.1, 0.15) is 0 Å². The van der Waals surface area contributed by atoms with Gasteiger partial charge in [-0.05, 0) is 103 Å². The predicted molar refractivity (Wildman–Crippen MR) is 100 cm³/mol. The van der Waals surface area contributed by atoms with Crippen LogP contribution in [0.25, 0.3) is 0 Å². The molecule has 0 unspecified atom stereocenters. The van der Waals surface area contributed by atoms with Crippen molar-refractivity contribution >= 4 is 38.3 Å². The van der Waals surface area contributed by atoms with E-state index in [1.54, 1.807) is 0 Å². The highest BCUT2D eigenvalue weighted by Crippen LogP contribution is 2.29. The summed E-state index contributed by atoms with van der Waals surface area (Å²) in [6.07, 6.45) is 0. The molecule has 0 saturated heterocycles. The van der Waals surface area contributed by atoms with E-state index in [2.05, 4.69) is 27.3 Å².